The molecule has 0 radical (unpaired) electrons. The van der Waals surface area contributed by atoms with E-state index in [1.54, 1.807) is 0 Å². The van der Waals surface area contributed by atoms with Gasteiger partial charge in [0.15, 0.2) is 0 Å². The Hall–Kier alpha value is 0.230. The van der Waals surface area contributed by atoms with Gasteiger partial charge < -0.3 is 15.5 Å². The highest BCUT2D eigenvalue weighted by atomic mass is 32.2. The summed E-state index contributed by atoms with van der Waals surface area (Å²) in [5, 5.41) is 22.0. The molecule has 0 aliphatic carbocycles. The summed E-state index contributed by atoms with van der Waals surface area (Å²) in [7, 11) is 0. The Morgan fingerprint density at radius 1 is 1.19 bits per heavy atom. The zero-order valence-corrected chi connectivity index (χ0v) is 12.0. The molecule has 0 aromatic rings. The summed E-state index contributed by atoms with van der Waals surface area (Å²) in [5.41, 5.74) is -0.530. The van der Waals surface area contributed by atoms with Crippen LogP contribution < -0.4 is 5.32 Å². The van der Waals surface area contributed by atoms with Gasteiger partial charge in [-0.2, -0.15) is 11.8 Å². The number of hydrogen-bond acceptors (Lipinski definition) is 4. The number of rotatable bonds is 7. The fourth-order valence-electron chi connectivity index (χ4n) is 1.41. The van der Waals surface area contributed by atoms with Gasteiger partial charge in [-0.3, -0.25) is 0 Å². The maximum Gasteiger partial charge on any atom is 0.0647 e. The Labute approximate surface area is 104 Å². The fraction of sp³-hybridized carbons (Fsp3) is 1.00. The van der Waals surface area contributed by atoms with Crippen molar-refractivity contribution in [2.75, 3.05) is 19.0 Å². The zero-order valence-electron chi connectivity index (χ0n) is 11.2. The third-order valence-electron chi connectivity index (χ3n) is 2.60. The van der Waals surface area contributed by atoms with Crippen LogP contribution in [-0.4, -0.2) is 45.5 Å². The first-order valence-electron chi connectivity index (χ1n) is 5.92. The molecule has 0 fully saturated rings. The van der Waals surface area contributed by atoms with Crippen LogP contribution in [0.1, 0.15) is 41.0 Å². The highest BCUT2D eigenvalue weighted by Gasteiger charge is 2.28. The van der Waals surface area contributed by atoms with Gasteiger partial charge in [-0.15, -0.1) is 0 Å². The normalized spacial score (nSPS) is 15.2. The number of aliphatic hydroxyl groups excluding tert-OH is 2. The first-order chi connectivity index (χ1) is 7.28. The highest BCUT2D eigenvalue weighted by Crippen LogP contribution is 2.24. The number of aliphatic hydroxyl groups is 2. The summed E-state index contributed by atoms with van der Waals surface area (Å²) in [6.07, 6.45) is 0.727. The van der Waals surface area contributed by atoms with Crippen molar-refractivity contribution in [3.63, 3.8) is 0 Å². The second-order valence-corrected chi connectivity index (χ2v) is 7.27. The van der Waals surface area contributed by atoms with Crippen LogP contribution in [0.3, 0.4) is 0 Å². The number of nitrogens with one attached hydrogen (secondary N) is 1. The third-order valence-corrected chi connectivity index (χ3v) is 4.13. The maximum absolute atomic E-state index is 9.32. The fourth-order valence-corrected chi connectivity index (χ4v) is 2.24. The molecule has 4 heteroatoms. The van der Waals surface area contributed by atoms with E-state index in [1.165, 1.54) is 0 Å². The van der Waals surface area contributed by atoms with E-state index in [1.807, 2.05) is 18.7 Å². The minimum Gasteiger partial charge on any atom is -0.394 e. The van der Waals surface area contributed by atoms with Crippen molar-refractivity contribution >= 4 is 11.8 Å². The molecule has 0 heterocycles. The lowest BCUT2D eigenvalue weighted by molar-refractivity contribution is 0.0815. The first kappa shape index (κ1) is 16.2. The minimum atomic E-state index is -0.530. The van der Waals surface area contributed by atoms with Crippen molar-refractivity contribution in [2.45, 2.75) is 57.4 Å². The molecule has 0 aromatic heterocycles. The SMILES string of the molecule is CCC(CO)(CO)NC(C)CSC(C)(C)C. The van der Waals surface area contributed by atoms with E-state index in [0.29, 0.717) is 0 Å². The molecule has 0 bridgehead atoms. The number of thioether (sulfide) groups is 1. The van der Waals surface area contributed by atoms with E-state index >= 15 is 0 Å². The molecule has 0 amide bonds. The van der Waals surface area contributed by atoms with Gasteiger partial charge >= 0.3 is 0 Å². The van der Waals surface area contributed by atoms with Gasteiger partial charge in [0.05, 0.1) is 18.8 Å². The number of hydrogen-bond donors (Lipinski definition) is 3. The molecule has 0 aliphatic rings. The van der Waals surface area contributed by atoms with E-state index in [9.17, 15) is 10.2 Å². The van der Waals surface area contributed by atoms with Gasteiger partial charge in [-0.25, -0.2) is 0 Å². The van der Waals surface area contributed by atoms with Crippen LogP contribution in [0, 0.1) is 0 Å². The summed E-state index contributed by atoms with van der Waals surface area (Å²) in [4.78, 5) is 0. The average molecular weight is 249 g/mol. The van der Waals surface area contributed by atoms with Crippen molar-refractivity contribution in [1.29, 1.82) is 0 Å². The zero-order chi connectivity index (χ0) is 12.8. The standard InChI is InChI=1S/C12H27NO2S/c1-6-12(8-14,9-15)13-10(2)7-16-11(3,4)5/h10,13-15H,6-9H2,1-5H3. The third kappa shape index (κ3) is 6.09. The van der Waals surface area contributed by atoms with Crippen molar-refractivity contribution in [2.24, 2.45) is 0 Å². The van der Waals surface area contributed by atoms with E-state index in [-0.39, 0.29) is 24.0 Å². The summed E-state index contributed by atoms with van der Waals surface area (Å²) >= 11 is 1.89. The molecule has 0 saturated heterocycles. The van der Waals surface area contributed by atoms with Gasteiger partial charge in [0.2, 0.25) is 0 Å². The van der Waals surface area contributed by atoms with Crippen molar-refractivity contribution < 1.29 is 10.2 Å². The van der Waals surface area contributed by atoms with Crippen LogP contribution in [-0.2, 0) is 0 Å². The first-order valence-corrected chi connectivity index (χ1v) is 6.90. The Morgan fingerprint density at radius 3 is 2.00 bits per heavy atom. The molecule has 3 N–H and O–H groups in total. The van der Waals surface area contributed by atoms with Gasteiger partial charge in [0.1, 0.15) is 0 Å². The van der Waals surface area contributed by atoms with Gasteiger partial charge in [0, 0.05) is 16.5 Å². The molecule has 0 aromatic carbocycles. The maximum atomic E-state index is 9.32. The topological polar surface area (TPSA) is 52.5 Å². The molecular weight excluding hydrogens is 222 g/mol. The lowest BCUT2D eigenvalue weighted by Gasteiger charge is -2.34. The predicted molar refractivity (Wildman–Crippen MR) is 72.0 cm³/mol. The molecule has 0 spiro atoms. The minimum absolute atomic E-state index is 0.0233. The van der Waals surface area contributed by atoms with Crippen molar-refractivity contribution in [3.05, 3.63) is 0 Å². The Balaban J connectivity index is 4.15. The van der Waals surface area contributed by atoms with Gasteiger partial charge in [-0.1, -0.05) is 27.7 Å². The molecule has 0 saturated carbocycles. The molecule has 98 valence electrons. The molecular formula is C12H27NO2S. The molecule has 16 heavy (non-hydrogen) atoms. The summed E-state index contributed by atoms with van der Waals surface area (Å²) < 4.78 is 0.253. The Morgan fingerprint density at radius 2 is 1.69 bits per heavy atom. The van der Waals surface area contributed by atoms with E-state index in [4.69, 9.17) is 0 Å². The molecule has 1 unspecified atom stereocenters. The molecule has 0 rings (SSSR count). The second-order valence-electron chi connectivity index (χ2n) is 5.42. The Kier molecular flexibility index (Phi) is 6.94. The highest BCUT2D eigenvalue weighted by molar-refractivity contribution is 8.00. The smallest absolute Gasteiger partial charge is 0.0647 e. The van der Waals surface area contributed by atoms with E-state index in [2.05, 4.69) is 33.0 Å². The van der Waals surface area contributed by atoms with Crippen LogP contribution >= 0.6 is 11.8 Å². The average Bonchev–Trinajstić information content (AvgIpc) is 2.22. The van der Waals surface area contributed by atoms with Gasteiger partial charge in [0.25, 0.3) is 0 Å². The predicted octanol–water partition coefficient (Wildman–Crippen LogP) is 1.63. The lowest BCUT2D eigenvalue weighted by atomic mass is 9.97. The van der Waals surface area contributed by atoms with Crippen LogP contribution in [0.5, 0.6) is 0 Å². The summed E-state index contributed by atoms with van der Waals surface area (Å²) in [6.45, 7) is 10.6. The van der Waals surface area contributed by atoms with Crippen LogP contribution in [0.4, 0.5) is 0 Å². The van der Waals surface area contributed by atoms with Gasteiger partial charge in [-0.05, 0) is 13.3 Å². The van der Waals surface area contributed by atoms with Crippen LogP contribution in [0.25, 0.3) is 0 Å². The summed E-state index contributed by atoms with van der Waals surface area (Å²) in [5.74, 6) is 0.977. The van der Waals surface area contributed by atoms with E-state index < -0.39 is 5.54 Å². The summed E-state index contributed by atoms with van der Waals surface area (Å²) in [6, 6.07) is 0.281. The van der Waals surface area contributed by atoms with Crippen LogP contribution in [0.2, 0.25) is 0 Å². The lowest BCUT2D eigenvalue weighted by Crippen LogP contribution is -2.55. The molecule has 3 nitrogen and oxygen atoms in total. The van der Waals surface area contributed by atoms with E-state index in [0.717, 1.165) is 12.2 Å². The van der Waals surface area contributed by atoms with Crippen molar-refractivity contribution in [1.82, 2.24) is 5.32 Å². The Bertz CT molecular complexity index is 180. The quantitative estimate of drug-likeness (QED) is 0.642. The monoisotopic (exact) mass is 249 g/mol. The van der Waals surface area contributed by atoms with Crippen molar-refractivity contribution in [3.8, 4) is 0 Å². The van der Waals surface area contributed by atoms with Crippen LogP contribution in [0.15, 0.2) is 0 Å². The second kappa shape index (κ2) is 6.84. The molecule has 1 atom stereocenters. The molecule has 0 aliphatic heterocycles. The largest absolute Gasteiger partial charge is 0.394 e.